The Hall–Kier alpha value is -1.45. The van der Waals surface area contributed by atoms with Crippen molar-refractivity contribution in [1.82, 2.24) is 14.8 Å². The van der Waals surface area contributed by atoms with E-state index in [2.05, 4.69) is 37.8 Å². The zero-order chi connectivity index (χ0) is 13.3. The van der Waals surface area contributed by atoms with Gasteiger partial charge in [-0.3, -0.25) is 4.79 Å². The molecule has 1 aromatic heterocycles. The number of nitrogens with zero attached hydrogens (tertiary/aromatic N) is 3. The number of carbonyl (C=O) groups excluding carboxylic acids is 1. The van der Waals surface area contributed by atoms with E-state index in [1.54, 1.807) is 12.4 Å². The molecule has 1 heterocycles. The number of rotatable bonds is 3. The number of allylic oxidation sites excluding steroid dienone is 2. The summed E-state index contributed by atoms with van der Waals surface area (Å²) >= 11 is 0. The smallest absolute Gasteiger partial charge is 0.156 e. The molecular formula is C14H21N3O. The minimum atomic E-state index is 0.0733. The summed E-state index contributed by atoms with van der Waals surface area (Å²) in [6.45, 7) is 8.46. The molecule has 18 heavy (non-hydrogen) atoms. The quantitative estimate of drug-likeness (QED) is 0.825. The molecule has 98 valence electrons. The van der Waals surface area contributed by atoms with Gasteiger partial charge in [0, 0.05) is 18.9 Å². The van der Waals surface area contributed by atoms with Crippen molar-refractivity contribution in [3.8, 4) is 0 Å². The molecule has 1 aliphatic rings. The predicted octanol–water partition coefficient (Wildman–Crippen LogP) is 2.72. The lowest BCUT2D eigenvalue weighted by Crippen LogP contribution is -2.23. The maximum atomic E-state index is 11.7. The normalized spacial score (nSPS) is 19.2. The maximum absolute atomic E-state index is 11.7. The summed E-state index contributed by atoms with van der Waals surface area (Å²) in [6, 6.07) is 0.301. The van der Waals surface area contributed by atoms with E-state index < -0.39 is 0 Å². The first-order valence-electron chi connectivity index (χ1n) is 6.48. The van der Waals surface area contributed by atoms with Crippen LogP contribution in [0, 0.1) is 5.41 Å². The summed E-state index contributed by atoms with van der Waals surface area (Å²) in [5, 5.41) is 4.23. The van der Waals surface area contributed by atoms with Gasteiger partial charge in [-0.25, -0.2) is 9.67 Å². The standard InChI is InChI=1S/C14H21N3O/c1-10(2)17-13(15-9-16-17)6-11-5-12(18)8-14(3,4)7-11/h5,9-10H,6-8H2,1-4H3. The predicted molar refractivity (Wildman–Crippen MR) is 70.2 cm³/mol. The lowest BCUT2D eigenvalue weighted by atomic mass is 9.76. The van der Waals surface area contributed by atoms with Gasteiger partial charge in [0.25, 0.3) is 0 Å². The molecule has 0 saturated heterocycles. The summed E-state index contributed by atoms with van der Waals surface area (Å²) in [4.78, 5) is 16.0. The Morgan fingerprint density at radius 1 is 1.39 bits per heavy atom. The first kappa shape index (κ1) is 13.0. The van der Waals surface area contributed by atoms with E-state index in [4.69, 9.17) is 0 Å². The van der Waals surface area contributed by atoms with Gasteiger partial charge < -0.3 is 0 Å². The molecule has 0 aliphatic heterocycles. The first-order valence-corrected chi connectivity index (χ1v) is 6.48. The molecule has 0 atom stereocenters. The van der Waals surface area contributed by atoms with Gasteiger partial charge in [-0.15, -0.1) is 0 Å². The molecule has 0 aromatic carbocycles. The van der Waals surface area contributed by atoms with Crippen molar-refractivity contribution in [2.45, 2.75) is 53.0 Å². The SMILES string of the molecule is CC(C)n1ncnc1CC1=CC(=O)CC(C)(C)C1. The molecule has 0 bridgehead atoms. The zero-order valence-electron chi connectivity index (χ0n) is 11.6. The van der Waals surface area contributed by atoms with Gasteiger partial charge in [0.15, 0.2) is 5.78 Å². The van der Waals surface area contributed by atoms with Crippen LogP contribution in [-0.4, -0.2) is 20.5 Å². The molecule has 1 aliphatic carbocycles. The molecule has 0 saturated carbocycles. The molecule has 4 nitrogen and oxygen atoms in total. The van der Waals surface area contributed by atoms with Crippen molar-refractivity contribution < 1.29 is 4.79 Å². The van der Waals surface area contributed by atoms with Gasteiger partial charge in [-0.1, -0.05) is 19.4 Å². The Balaban J connectivity index is 2.19. The monoisotopic (exact) mass is 247 g/mol. The van der Waals surface area contributed by atoms with Crippen LogP contribution in [0.3, 0.4) is 0 Å². The second-order valence-corrected chi connectivity index (χ2v) is 6.18. The molecule has 0 spiro atoms. The van der Waals surface area contributed by atoms with Gasteiger partial charge >= 0.3 is 0 Å². The molecule has 2 rings (SSSR count). The second kappa shape index (κ2) is 4.67. The van der Waals surface area contributed by atoms with E-state index in [-0.39, 0.29) is 11.2 Å². The summed E-state index contributed by atoms with van der Waals surface area (Å²) in [5.74, 6) is 1.18. The average Bonchev–Trinajstić information content (AvgIpc) is 2.62. The van der Waals surface area contributed by atoms with Crippen LogP contribution in [0.4, 0.5) is 0 Å². The lowest BCUT2D eigenvalue weighted by Gasteiger charge is -2.28. The van der Waals surface area contributed by atoms with Crippen LogP contribution in [0.25, 0.3) is 0 Å². The number of ketones is 1. The van der Waals surface area contributed by atoms with E-state index >= 15 is 0 Å². The van der Waals surface area contributed by atoms with Gasteiger partial charge in [-0.05, 0) is 31.8 Å². The fourth-order valence-corrected chi connectivity index (χ4v) is 2.63. The highest BCUT2D eigenvalue weighted by atomic mass is 16.1. The minimum Gasteiger partial charge on any atom is -0.295 e. The highest BCUT2D eigenvalue weighted by Gasteiger charge is 2.28. The number of hydrogen-bond donors (Lipinski definition) is 0. The zero-order valence-corrected chi connectivity index (χ0v) is 11.6. The van der Waals surface area contributed by atoms with E-state index in [0.717, 1.165) is 18.7 Å². The summed E-state index contributed by atoms with van der Waals surface area (Å²) < 4.78 is 1.92. The van der Waals surface area contributed by atoms with Crippen molar-refractivity contribution in [1.29, 1.82) is 0 Å². The van der Waals surface area contributed by atoms with Crippen molar-refractivity contribution in [3.63, 3.8) is 0 Å². The third-order valence-electron chi connectivity index (χ3n) is 3.25. The minimum absolute atomic E-state index is 0.0733. The first-order chi connectivity index (χ1) is 8.37. The Bertz CT molecular complexity index is 483. The third kappa shape index (κ3) is 2.86. The van der Waals surface area contributed by atoms with Crippen LogP contribution in [0.5, 0.6) is 0 Å². The molecule has 4 heteroatoms. The number of hydrogen-bond acceptors (Lipinski definition) is 3. The van der Waals surface area contributed by atoms with E-state index in [0.29, 0.717) is 12.5 Å². The summed E-state index contributed by atoms with van der Waals surface area (Å²) in [7, 11) is 0. The molecule has 0 N–H and O–H groups in total. The average molecular weight is 247 g/mol. The van der Waals surface area contributed by atoms with Crippen LogP contribution in [-0.2, 0) is 11.2 Å². The van der Waals surface area contributed by atoms with Crippen LogP contribution in [0.1, 0.15) is 52.4 Å². The van der Waals surface area contributed by atoms with Gasteiger partial charge in [0.1, 0.15) is 12.2 Å². The summed E-state index contributed by atoms with van der Waals surface area (Å²) in [6.07, 6.45) is 5.72. The molecular weight excluding hydrogens is 226 g/mol. The topological polar surface area (TPSA) is 47.8 Å². The molecule has 0 fully saturated rings. The van der Waals surface area contributed by atoms with Crippen LogP contribution in [0.15, 0.2) is 18.0 Å². The third-order valence-corrected chi connectivity index (χ3v) is 3.25. The maximum Gasteiger partial charge on any atom is 0.156 e. The summed E-state index contributed by atoms with van der Waals surface area (Å²) in [5.41, 5.74) is 1.25. The molecule has 0 radical (unpaired) electrons. The van der Waals surface area contributed by atoms with Crippen molar-refractivity contribution in [3.05, 3.63) is 23.8 Å². The molecule has 0 unspecified atom stereocenters. The van der Waals surface area contributed by atoms with Crippen molar-refractivity contribution >= 4 is 5.78 Å². The van der Waals surface area contributed by atoms with Gasteiger partial charge in [0.2, 0.25) is 0 Å². The fraction of sp³-hybridized carbons (Fsp3) is 0.643. The van der Waals surface area contributed by atoms with Crippen molar-refractivity contribution in [2.75, 3.05) is 0 Å². The van der Waals surface area contributed by atoms with Crippen LogP contribution in [0.2, 0.25) is 0 Å². The van der Waals surface area contributed by atoms with Crippen LogP contribution < -0.4 is 0 Å². The van der Waals surface area contributed by atoms with Gasteiger partial charge in [-0.2, -0.15) is 5.10 Å². The fourth-order valence-electron chi connectivity index (χ4n) is 2.63. The highest BCUT2D eigenvalue weighted by molar-refractivity contribution is 5.91. The number of aromatic nitrogens is 3. The van der Waals surface area contributed by atoms with E-state index in [1.807, 2.05) is 4.68 Å². The number of carbonyl (C=O) groups is 1. The second-order valence-electron chi connectivity index (χ2n) is 6.18. The Labute approximate surface area is 108 Å². The largest absolute Gasteiger partial charge is 0.295 e. The molecule has 1 aromatic rings. The molecule has 0 amide bonds. The van der Waals surface area contributed by atoms with Gasteiger partial charge in [0.05, 0.1) is 0 Å². The lowest BCUT2D eigenvalue weighted by molar-refractivity contribution is -0.117. The van der Waals surface area contributed by atoms with E-state index in [1.165, 1.54) is 5.57 Å². The highest BCUT2D eigenvalue weighted by Crippen LogP contribution is 2.34. The Morgan fingerprint density at radius 2 is 2.11 bits per heavy atom. The van der Waals surface area contributed by atoms with Crippen LogP contribution >= 0.6 is 0 Å². The Kier molecular flexibility index (Phi) is 3.37. The van der Waals surface area contributed by atoms with E-state index in [9.17, 15) is 4.79 Å². The Morgan fingerprint density at radius 3 is 2.72 bits per heavy atom. The van der Waals surface area contributed by atoms with Crippen molar-refractivity contribution in [2.24, 2.45) is 5.41 Å².